The van der Waals surface area contributed by atoms with E-state index >= 15 is 0 Å². The van der Waals surface area contributed by atoms with E-state index in [9.17, 15) is 25.3 Å². The van der Waals surface area contributed by atoms with Crippen molar-refractivity contribution in [3.63, 3.8) is 0 Å². The Morgan fingerprint density at radius 3 is 1.94 bits per heavy atom. The van der Waals surface area contributed by atoms with Gasteiger partial charge in [0.1, 0.15) is 12.4 Å². The molecule has 15 heteroatoms. The van der Waals surface area contributed by atoms with E-state index in [4.69, 9.17) is 22.6 Å². The highest BCUT2D eigenvalue weighted by Crippen LogP contribution is 2.52. The minimum absolute atomic E-state index is 0.00673. The highest BCUT2D eigenvalue weighted by Gasteiger charge is 2.28. The Morgan fingerprint density at radius 2 is 1.30 bits per heavy atom. The van der Waals surface area contributed by atoms with E-state index < -0.39 is 30.3 Å². The summed E-state index contributed by atoms with van der Waals surface area (Å²) in [6, 6.07) is 28.5. The van der Waals surface area contributed by atoms with Crippen molar-refractivity contribution in [3.05, 3.63) is 120 Å². The lowest BCUT2D eigenvalue weighted by Crippen LogP contribution is -2.11. The fraction of sp³-hybridized carbons (Fsp3) is 0.158. The maximum Gasteiger partial charge on any atom is 0.306 e. The second kappa shape index (κ2) is 14.5. The summed E-state index contributed by atoms with van der Waals surface area (Å²) in [6.45, 7) is 1.98. The first kappa shape index (κ1) is 37.3. The van der Waals surface area contributed by atoms with Gasteiger partial charge in [-0.25, -0.2) is 12.4 Å². The van der Waals surface area contributed by atoms with E-state index in [-0.39, 0.29) is 51.4 Å². The lowest BCUT2D eigenvalue weighted by Gasteiger charge is -2.21. The Morgan fingerprint density at radius 1 is 0.623 bits per heavy atom. The number of aryl methyl sites for hydroxylation is 1. The van der Waals surface area contributed by atoms with Gasteiger partial charge in [-0.2, -0.15) is 16.8 Å². The summed E-state index contributed by atoms with van der Waals surface area (Å²) in [5.41, 5.74) is 3.42. The van der Waals surface area contributed by atoms with Gasteiger partial charge in [0.25, 0.3) is 10.0 Å². The first-order chi connectivity index (χ1) is 25.1. The van der Waals surface area contributed by atoms with Crippen molar-refractivity contribution >= 4 is 41.2 Å². The van der Waals surface area contributed by atoms with Gasteiger partial charge in [0, 0.05) is 17.1 Å². The number of methoxy groups -OCH3 is 2. The van der Waals surface area contributed by atoms with Crippen LogP contribution in [0.25, 0.3) is 33.2 Å². The van der Waals surface area contributed by atoms with Gasteiger partial charge in [-0.05, 0) is 72.1 Å². The molecule has 6 rings (SSSR count). The van der Waals surface area contributed by atoms with E-state index in [0.29, 0.717) is 22.0 Å². The van der Waals surface area contributed by atoms with Crippen LogP contribution in [0.5, 0.6) is 28.7 Å². The van der Waals surface area contributed by atoms with Crippen molar-refractivity contribution in [2.24, 2.45) is 0 Å². The second-order valence-electron chi connectivity index (χ2n) is 12.1. The Labute approximate surface area is 308 Å². The number of ether oxygens (including phenoxy) is 3. The number of aromatic nitrogens is 1. The zero-order valence-electron chi connectivity index (χ0n) is 29.3. The lowest BCUT2D eigenvalue weighted by atomic mass is 9.95. The third-order valence-corrected chi connectivity index (χ3v) is 10.8. The van der Waals surface area contributed by atoms with E-state index in [1.807, 2.05) is 37.3 Å². The number of hydrogen-bond donors (Lipinski definition) is 0. The van der Waals surface area contributed by atoms with Crippen LogP contribution in [-0.4, -0.2) is 56.0 Å². The summed E-state index contributed by atoms with van der Waals surface area (Å²) < 4.78 is 107. The molecule has 0 aliphatic carbocycles. The highest BCUT2D eigenvalue weighted by molar-refractivity contribution is 7.90. The lowest BCUT2D eigenvalue weighted by molar-refractivity contribution is 0.296. The average molecular weight is 778 g/mol. The SMILES string of the molecule is COc1cc(-c2ccc3c(ccn3S(=O)(=O)c3ccc(C)cc3)c2)c(OC)c(OS(C)(=O)=O)c1-c1ccc(OCc2ccccc2)c(OS(C)(=O)=O)c1. The molecule has 0 unspecified atom stereocenters. The quantitative estimate of drug-likeness (QED) is 0.114. The first-order valence-electron chi connectivity index (χ1n) is 15.9. The molecule has 0 saturated carbocycles. The Bertz CT molecular complexity index is 2650. The molecule has 6 aromatic rings. The molecule has 0 radical (unpaired) electrons. The maximum absolute atomic E-state index is 13.5. The van der Waals surface area contributed by atoms with Crippen molar-refractivity contribution in [2.45, 2.75) is 18.4 Å². The molecule has 0 spiro atoms. The molecule has 5 aromatic carbocycles. The molecule has 0 fully saturated rings. The van der Waals surface area contributed by atoms with Crippen LogP contribution >= 0.6 is 0 Å². The Balaban J connectivity index is 1.50. The predicted molar refractivity (Wildman–Crippen MR) is 201 cm³/mol. The van der Waals surface area contributed by atoms with Crippen molar-refractivity contribution in [2.75, 3.05) is 26.7 Å². The number of fused-ring (bicyclic) bond motifs is 1. The van der Waals surface area contributed by atoms with Gasteiger partial charge in [0.2, 0.25) is 0 Å². The number of hydrogen-bond acceptors (Lipinski definition) is 11. The van der Waals surface area contributed by atoms with Crippen molar-refractivity contribution in [3.8, 4) is 51.0 Å². The molecule has 276 valence electrons. The van der Waals surface area contributed by atoms with E-state index in [1.165, 1.54) is 36.5 Å². The summed E-state index contributed by atoms with van der Waals surface area (Å²) in [7, 11) is -9.42. The van der Waals surface area contributed by atoms with Crippen LogP contribution in [0.2, 0.25) is 0 Å². The topological polar surface area (TPSA) is 154 Å². The molecule has 0 amide bonds. The molecular weight excluding hydrogens is 743 g/mol. The third-order valence-electron chi connectivity index (χ3n) is 8.11. The maximum atomic E-state index is 13.5. The molecule has 0 aliphatic heterocycles. The molecule has 1 heterocycles. The monoisotopic (exact) mass is 777 g/mol. The molecule has 1 aromatic heterocycles. The summed E-state index contributed by atoms with van der Waals surface area (Å²) in [5, 5.41) is 0.572. The molecule has 53 heavy (non-hydrogen) atoms. The van der Waals surface area contributed by atoms with Gasteiger partial charge in [-0.15, -0.1) is 0 Å². The zero-order valence-corrected chi connectivity index (χ0v) is 31.7. The highest BCUT2D eigenvalue weighted by atomic mass is 32.2. The minimum atomic E-state index is -4.18. The average Bonchev–Trinajstić information content (AvgIpc) is 3.54. The molecule has 0 N–H and O–H groups in total. The van der Waals surface area contributed by atoms with Crippen LogP contribution in [0, 0.1) is 6.92 Å². The fourth-order valence-corrected chi connectivity index (χ4v) is 8.03. The standard InChI is InChI=1S/C38H35NO11S3/c1-25-11-15-30(16-12-25)53(44,45)39-20-19-28-21-27(13-17-32(28)39)31-23-35(46-2)36(38(37(31)47-3)50-52(5,42)43)29-14-18-33(34(22-29)49-51(4,40)41)48-24-26-9-7-6-8-10-26/h6-23H,24H2,1-5H3. The van der Waals surface area contributed by atoms with Crippen LogP contribution < -0.4 is 22.6 Å². The van der Waals surface area contributed by atoms with Crippen molar-refractivity contribution in [1.82, 2.24) is 3.97 Å². The summed E-state index contributed by atoms with van der Waals surface area (Å²) in [6.07, 6.45) is 3.23. The Kier molecular flexibility index (Phi) is 10.2. The molecule has 0 atom stereocenters. The zero-order chi connectivity index (χ0) is 38.1. The molecular formula is C38H35NO11S3. The molecule has 12 nitrogen and oxygen atoms in total. The second-order valence-corrected chi connectivity index (χ2v) is 17.0. The van der Waals surface area contributed by atoms with Crippen LogP contribution in [0.15, 0.2) is 114 Å². The number of rotatable bonds is 13. The molecule has 0 saturated heterocycles. The van der Waals surface area contributed by atoms with Gasteiger partial charge in [0.15, 0.2) is 23.0 Å². The minimum Gasteiger partial charge on any atom is -0.496 e. The van der Waals surface area contributed by atoms with Crippen LogP contribution in [0.1, 0.15) is 11.1 Å². The van der Waals surface area contributed by atoms with Gasteiger partial charge >= 0.3 is 20.2 Å². The van der Waals surface area contributed by atoms with Gasteiger partial charge < -0.3 is 22.6 Å². The third kappa shape index (κ3) is 8.11. The molecule has 0 bridgehead atoms. The summed E-state index contributed by atoms with van der Waals surface area (Å²) in [5.74, 6) is -0.144. The van der Waals surface area contributed by atoms with E-state index in [0.717, 1.165) is 23.6 Å². The van der Waals surface area contributed by atoms with Gasteiger partial charge in [-0.3, -0.25) is 0 Å². The van der Waals surface area contributed by atoms with Crippen molar-refractivity contribution < 1.29 is 47.8 Å². The van der Waals surface area contributed by atoms with Crippen LogP contribution in [0.3, 0.4) is 0 Å². The first-order valence-corrected chi connectivity index (χ1v) is 21.0. The van der Waals surface area contributed by atoms with E-state index in [1.54, 1.807) is 60.7 Å². The number of nitrogens with zero attached hydrogens (tertiary/aromatic N) is 1. The molecule has 0 aliphatic rings. The van der Waals surface area contributed by atoms with Gasteiger partial charge in [-0.1, -0.05) is 60.2 Å². The van der Waals surface area contributed by atoms with E-state index in [2.05, 4.69) is 0 Å². The van der Waals surface area contributed by atoms with Crippen LogP contribution in [0.4, 0.5) is 0 Å². The smallest absolute Gasteiger partial charge is 0.306 e. The fourth-order valence-electron chi connectivity index (χ4n) is 5.76. The Hall–Kier alpha value is -5.51. The number of benzene rings is 5. The normalized spacial score (nSPS) is 12.0. The summed E-state index contributed by atoms with van der Waals surface area (Å²) >= 11 is 0. The van der Waals surface area contributed by atoms with Crippen LogP contribution in [-0.2, 0) is 36.9 Å². The largest absolute Gasteiger partial charge is 0.496 e. The predicted octanol–water partition coefficient (Wildman–Crippen LogP) is 6.79. The van der Waals surface area contributed by atoms with Gasteiger partial charge in [0.05, 0.1) is 42.7 Å². The van der Waals surface area contributed by atoms with Crippen molar-refractivity contribution in [1.29, 1.82) is 0 Å². The summed E-state index contributed by atoms with van der Waals surface area (Å²) in [4.78, 5) is 0.134.